The van der Waals surface area contributed by atoms with Crippen LogP contribution in [0.4, 0.5) is 0 Å². The van der Waals surface area contributed by atoms with Crippen molar-refractivity contribution in [3.8, 4) is 0 Å². The summed E-state index contributed by atoms with van der Waals surface area (Å²) in [5.74, 6) is 1.86. The first-order valence-electron chi connectivity index (χ1n) is 8.41. The van der Waals surface area contributed by atoms with Crippen LogP contribution in [0.25, 0.3) is 11.0 Å². The molecule has 0 aliphatic carbocycles. The predicted octanol–water partition coefficient (Wildman–Crippen LogP) is 2.26. The number of rotatable bonds is 2. The third kappa shape index (κ3) is 2.02. The fourth-order valence-corrected chi connectivity index (χ4v) is 4.76. The van der Waals surface area contributed by atoms with E-state index in [1.165, 1.54) is 25.9 Å². The second-order valence-electron chi connectivity index (χ2n) is 7.55. The van der Waals surface area contributed by atoms with Crippen molar-refractivity contribution in [1.29, 1.82) is 0 Å². The number of fused-ring (bicyclic) bond motifs is 4. The number of aromatic nitrogens is 2. The van der Waals surface area contributed by atoms with Crippen molar-refractivity contribution in [1.82, 2.24) is 14.5 Å². The van der Waals surface area contributed by atoms with Crippen LogP contribution in [0.1, 0.15) is 48.8 Å². The van der Waals surface area contributed by atoms with E-state index in [9.17, 15) is 4.79 Å². The molecule has 5 heteroatoms. The predicted molar refractivity (Wildman–Crippen MR) is 90.3 cm³/mol. The summed E-state index contributed by atoms with van der Waals surface area (Å²) in [6.45, 7) is 7.09. The average Bonchev–Trinajstić information content (AvgIpc) is 2.84. The molecule has 23 heavy (non-hydrogen) atoms. The Hall–Kier alpha value is -1.88. The van der Waals surface area contributed by atoms with Gasteiger partial charge in [-0.05, 0) is 63.9 Å². The first-order chi connectivity index (χ1) is 10.9. The summed E-state index contributed by atoms with van der Waals surface area (Å²) in [7, 11) is 2.09. The fourth-order valence-electron chi connectivity index (χ4n) is 4.76. The number of nitrogens with two attached hydrogens (primary N) is 1. The molecular formula is C18H24N4O. The molecule has 2 bridgehead atoms. The maximum Gasteiger partial charge on any atom is 0.248 e. The maximum absolute atomic E-state index is 11.4. The molecule has 5 rings (SSSR count). The van der Waals surface area contributed by atoms with Crippen molar-refractivity contribution in [3.05, 3.63) is 29.6 Å². The van der Waals surface area contributed by atoms with Crippen molar-refractivity contribution in [3.63, 3.8) is 0 Å². The van der Waals surface area contributed by atoms with Gasteiger partial charge in [-0.2, -0.15) is 0 Å². The number of hydrogen-bond acceptors (Lipinski definition) is 3. The molecule has 0 saturated carbocycles. The summed E-state index contributed by atoms with van der Waals surface area (Å²) in [4.78, 5) is 19.0. The van der Waals surface area contributed by atoms with Gasteiger partial charge in [-0.15, -0.1) is 0 Å². The Morgan fingerprint density at radius 2 is 2.00 bits per heavy atom. The molecule has 3 fully saturated rings. The van der Waals surface area contributed by atoms with Crippen LogP contribution in [-0.2, 0) is 7.05 Å². The minimum absolute atomic E-state index is 0.128. The van der Waals surface area contributed by atoms with Crippen LogP contribution in [0.2, 0.25) is 0 Å². The summed E-state index contributed by atoms with van der Waals surface area (Å²) in [5.41, 5.74) is 7.99. The zero-order chi connectivity index (χ0) is 16.4. The van der Waals surface area contributed by atoms with Crippen LogP contribution in [0.5, 0.6) is 0 Å². The largest absolute Gasteiger partial charge is 0.366 e. The van der Waals surface area contributed by atoms with E-state index in [1.54, 1.807) is 6.07 Å². The zero-order valence-corrected chi connectivity index (χ0v) is 14.0. The number of aryl methyl sites for hydroxylation is 1. The monoisotopic (exact) mass is 312 g/mol. The smallest absolute Gasteiger partial charge is 0.248 e. The average molecular weight is 312 g/mol. The van der Waals surface area contributed by atoms with Gasteiger partial charge in [0.15, 0.2) is 0 Å². The maximum atomic E-state index is 11.4. The second kappa shape index (κ2) is 4.81. The van der Waals surface area contributed by atoms with Gasteiger partial charge in [-0.3, -0.25) is 9.69 Å². The van der Waals surface area contributed by atoms with Crippen molar-refractivity contribution in [2.24, 2.45) is 18.7 Å². The van der Waals surface area contributed by atoms with Crippen LogP contribution < -0.4 is 5.73 Å². The Balaban J connectivity index is 1.85. The van der Waals surface area contributed by atoms with Gasteiger partial charge in [-0.25, -0.2) is 4.98 Å². The van der Waals surface area contributed by atoms with Gasteiger partial charge in [0.1, 0.15) is 5.82 Å². The summed E-state index contributed by atoms with van der Waals surface area (Å²) in [6.07, 6.45) is 2.51. The third-order valence-electron chi connectivity index (χ3n) is 6.07. The molecule has 1 amide bonds. The topological polar surface area (TPSA) is 64.2 Å². The highest BCUT2D eigenvalue weighted by atomic mass is 16.1. The van der Waals surface area contributed by atoms with E-state index in [0.29, 0.717) is 17.4 Å². The summed E-state index contributed by atoms with van der Waals surface area (Å²) < 4.78 is 2.20. The molecule has 0 radical (unpaired) electrons. The van der Waals surface area contributed by atoms with Crippen LogP contribution in [0.15, 0.2) is 18.2 Å². The van der Waals surface area contributed by atoms with Gasteiger partial charge in [0.2, 0.25) is 5.91 Å². The van der Waals surface area contributed by atoms with E-state index in [0.717, 1.165) is 16.9 Å². The number of carbonyl (C=O) groups is 1. The van der Waals surface area contributed by atoms with E-state index in [1.807, 2.05) is 12.1 Å². The SMILES string of the molecule is Cn1c(C2C3CCN(CC3)C2(C)C)nc2cc(C(N)=O)ccc21. The standard InChI is InChI=1S/C18H24N4O/c1-18(2)15(11-6-8-22(18)9-7-11)17-20-13-10-12(16(19)23)4-5-14(13)21(17)3/h4-5,10-11,15H,6-9H2,1-3H3,(H2,19,23). The molecule has 1 aromatic carbocycles. The molecule has 2 aromatic rings. The highest BCUT2D eigenvalue weighted by molar-refractivity contribution is 5.96. The molecule has 122 valence electrons. The Morgan fingerprint density at radius 3 is 2.61 bits per heavy atom. The van der Waals surface area contributed by atoms with E-state index in [-0.39, 0.29) is 5.54 Å². The number of amides is 1. The van der Waals surface area contributed by atoms with E-state index in [2.05, 4.69) is 30.4 Å². The number of benzene rings is 1. The lowest BCUT2D eigenvalue weighted by atomic mass is 9.67. The number of primary amides is 1. The lowest BCUT2D eigenvalue weighted by Crippen LogP contribution is -2.60. The number of carbonyl (C=O) groups excluding carboxylic acids is 1. The van der Waals surface area contributed by atoms with Gasteiger partial charge in [0, 0.05) is 24.1 Å². The molecule has 3 aliphatic heterocycles. The molecule has 1 atom stereocenters. The third-order valence-corrected chi connectivity index (χ3v) is 6.07. The Bertz CT molecular complexity index is 784. The fraction of sp³-hybridized carbons (Fsp3) is 0.556. The lowest BCUT2D eigenvalue weighted by molar-refractivity contribution is -0.0334. The number of hydrogen-bond donors (Lipinski definition) is 1. The first kappa shape index (κ1) is 14.7. The number of imidazole rings is 1. The molecule has 3 saturated heterocycles. The normalized spacial score (nSPS) is 29.1. The van der Waals surface area contributed by atoms with Crippen LogP contribution in [0, 0.1) is 5.92 Å². The number of piperidine rings is 3. The summed E-state index contributed by atoms with van der Waals surface area (Å²) >= 11 is 0. The van der Waals surface area contributed by atoms with Crippen LogP contribution in [-0.4, -0.2) is 39.0 Å². The van der Waals surface area contributed by atoms with Crippen LogP contribution in [0.3, 0.4) is 0 Å². The van der Waals surface area contributed by atoms with Crippen molar-refractivity contribution in [2.75, 3.05) is 13.1 Å². The Kier molecular flexibility index (Phi) is 3.07. The molecular weight excluding hydrogens is 288 g/mol. The number of nitrogens with zero attached hydrogens (tertiary/aromatic N) is 3. The highest BCUT2D eigenvalue weighted by Crippen LogP contribution is 2.49. The molecule has 1 unspecified atom stereocenters. The quantitative estimate of drug-likeness (QED) is 0.925. The van der Waals surface area contributed by atoms with Gasteiger partial charge in [0.25, 0.3) is 0 Å². The Morgan fingerprint density at radius 1 is 1.30 bits per heavy atom. The zero-order valence-electron chi connectivity index (χ0n) is 14.0. The van der Waals surface area contributed by atoms with Gasteiger partial charge in [0.05, 0.1) is 11.0 Å². The minimum atomic E-state index is -0.401. The van der Waals surface area contributed by atoms with E-state index < -0.39 is 5.91 Å². The molecule has 5 nitrogen and oxygen atoms in total. The molecule has 3 aliphatic rings. The lowest BCUT2D eigenvalue weighted by Gasteiger charge is -2.56. The first-order valence-corrected chi connectivity index (χ1v) is 8.41. The minimum Gasteiger partial charge on any atom is -0.366 e. The van der Waals surface area contributed by atoms with Crippen molar-refractivity contribution < 1.29 is 4.79 Å². The Labute approximate surface area is 136 Å². The molecule has 1 aromatic heterocycles. The highest BCUT2D eigenvalue weighted by Gasteiger charge is 2.49. The van der Waals surface area contributed by atoms with E-state index in [4.69, 9.17) is 10.7 Å². The summed E-state index contributed by atoms with van der Waals surface area (Å²) in [5, 5.41) is 0. The summed E-state index contributed by atoms with van der Waals surface area (Å²) in [6, 6.07) is 5.56. The van der Waals surface area contributed by atoms with E-state index >= 15 is 0 Å². The van der Waals surface area contributed by atoms with Gasteiger partial charge < -0.3 is 10.3 Å². The van der Waals surface area contributed by atoms with Gasteiger partial charge in [-0.1, -0.05) is 0 Å². The van der Waals surface area contributed by atoms with Gasteiger partial charge >= 0.3 is 0 Å². The van der Waals surface area contributed by atoms with Crippen molar-refractivity contribution >= 4 is 16.9 Å². The molecule has 4 heterocycles. The van der Waals surface area contributed by atoms with Crippen molar-refractivity contribution in [2.45, 2.75) is 38.1 Å². The molecule has 0 spiro atoms. The molecule has 2 N–H and O–H groups in total. The second-order valence-corrected chi connectivity index (χ2v) is 7.55. The van der Waals surface area contributed by atoms with Crippen LogP contribution >= 0.6 is 0 Å².